The SMILES string of the molecule is Cc1cn2ccccc2n1.Cc1nc2ccccc2n1C.Cc1nc2cccnc2n1C. The van der Waals surface area contributed by atoms with E-state index in [-0.39, 0.29) is 0 Å². The van der Waals surface area contributed by atoms with Gasteiger partial charge in [0.15, 0.2) is 5.65 Å². The van der Waals surface area contributed by atoms with E-state index in [1.165, 1.54) is 5.52 Å². The van der Waals surface area contributed by atoms with Crippen LogP contribution in [0.1, 0.15) is 17.3 Å². The van der Waals surface area contributed by atoms with E-state index in [1.54, 1.807) is 6.20 Å². The van der Waals surface area contributed by atoms with E-state index in [9.17, 15) is 0 Å². The summed E-state index contributed by atoms with van der Waals surface area (Å²) in [5.41, 5.74) is 6.27. The van der Waals surface area contributed by atoms with Gasteiger partial charge in [0.05, 0.1) is 16.7 Å². The van der Waals surface area contributed by atoms with Crippen LogP contribution in [0.4, 0.5) is 0 Å². The molecule has 0 radical (unpaired) electrons. The summed E-state index contributed by atoms with van der Waals surface area (Å²) < 4.78 is 6.08. The first-order valence-corrected chi connectivity index (χ1v) is 10.5. The number of nitrogens with zero attached hydrogens (tertiary/aromatic N) is 7. The molecule has 0 fully saturated rings. The average molecular weight is 426 g/mol. The standard InChI is InChI=1S/C9H10N2.C8H9N3.C8H8N2/c1-7-10-8-5-3-4-6-9(8)11(7)2;1-6-10-7-4-3-5-9-8(7)11(6)2;1-7-6-10-5-3-2-4-8(10)9-7/h3-6H,1-2H3;3-5H,1-2H3;2-6H,1H3. The van der Waals surface area contributed by atoms with Crippen LogP contribution in [0.3, 0.4) is 0 Å². The summed E-state index contributed by atoms with van der Waals surface area (Å²) in [6.45, 7) is 5.98. The van der Waals surface area contributed by atoms with E-state index in [4.69, 9.17) is 0 Å². The summed E-state index contributed by atoms with van der Waals surface area (Å²) in [5.74, 6) is 2.06. The van der Waals surface area contributed by atoms with E-state index in [0.29, 0.717) is 0 Å². The molecule has 0 spiro atoms. The zero-order valence-electron chi connectivity index (χ0n) is 19.1. The highest BCUT2D eigenvalue weighted by atomic mass is 15.1. The maximum absolute atomic E-state index is 4.38. The van der Waals surface area contributed by atoms with Crippen molar-refractivity contribution in [2.45, 2.75) is 20.8 Å². The molecule has 6 aromatic rings. The Morgan fingerprint density at radius 1 is 0.688 bits per heavy atom. The zero-order valence-corrected chi connectivity index (χ0v) is 19.1. The molecule has 0 unspecified atom stereocenters. The van der Waals surface area contributed by atoms with Crippen molar-refractivity contribution >= 4 is 27.8 Å². The minimum atomic E-state index is 0.949. The first kappa shape index (κ1) is 21.2. The zero-order chi connectivity index (χ0) is 22.7. The molecule has 0 atom stereocenters. The largest absolute Gasteiger partial charge is 0.331 e. The number of fused-ring (bicyclic) bond motifs is 3. The van der Waals surface area contributed by atoms with Crippen molar-refractivity contribution in [2.75, 3.05) is 0 Å². The van der Waals surface area contributed by atoms with Crippen LogP contribution in [-0.4, -0.2) is 33.5 Å². The van der Waals surface area contributed by atoms with Crippen molar-refractivity contribution in [2.24, 2.45) is 14.1 Å². The van der Waals surface area contributed by atoms with E-state index < -0.39 is 0 Å². The molecule has 0 saturated heterocycles. The van der Waals surface area contributed by atoms with Gasteiger partial charge in [-0.3, -0.25) is 0 Å². The maximum Gasteiger partial charge on any atom is 0.159 e. The van der Waals surface area contributed by atoms with Crippen molar-refractivity contribution in [3.8, 4) is 0 Å². The lowest BCUT2D eigenvalue weighted by Crippen LogP contribution is -1.91. The molecule has 0 aliphatic heterocycles. The summed E-state index contributed by atoms with van der Waals surface area (Å²) in [5, 5.41) is 0. The molecule has 162 valence electrons. The molecule has 0 aliphatic carbocycles. The topological polar surface area (TPSA) is 65.8 Å². The highest BCUT2D eigenvalue weighted by Crippen LogP contribution is 2.12. The molecule has 0 N–H and O–H groups in total. The van der Waals surface area contributed by atoms with Crippen LogP contribution in [0.25, 0.3) is 27.8 Å². The molecule has 5 heterocycles. The number of aromatic nitrogens is 7. The van der Waals surface area contributed by atoms with Crippen LogP contribution in [0.2, 0.25) is 0 Å². The van der Waals surface area contributed by atoms with Crippen LogP contribution in [0.5, 0.6) is 0 Å². The lowest BCUT2D eigenvalue weighted by atomic mass is 10.3. The number of aryl methyl sites for hydroxylation is 5. The fourth-order valence-corrected chi connectivity index (χ4v) is 3.46. The van der Waals surface area contributed by atoms with Gasteiger partial charge < -0.3 is 13.5 Å². The summed E-state index contributed by atoms with van der Waals surface area (Å²) in [4.78, 5) is 17.2. The van der Waals surface area contributed by atoms with Gasteiger partial charge in [-0.2, -0.15) is 0 Å². The van der Waals surface area contributed by atoms with Gasteiger partial charge in [0.25, 0.3) is 0 Å². The van der Waals surface area contributed by atoms with E-state index in [1.807, 2.05) is 105 Å². The third kappa shape index (κ3) is 4.37. The van der Waals surface area contributed by atoms with Crippen LogP contribution < -0.4 is 0 Å². The maximum atomic E-state index is 4.38. The van der Waals surface area contributed by atoms with Gasteiger partial charge in [-0.1, -0.05) is 18.2 Å². The van der Waals surface area contributed by atoms with Crippen LogP contribution >= 0.6 is 0 Å². The Hall–Kier alpha value is -4.00. The fourth-order valence-electron chi connectivity index (χ4n) is 3.46. The van der Waals surface area contributed by atoms with Crippen molar-refractivity contribution in [3.63, 3.8) is 0 Å². The first-order chi connectivity index (χ1) is 15.4. The van der Waals surface area contributed by atoms with Crippen molar-refractivity contribution in [1.29, 1.82) is 0 Å². The second-order valence-corrected chi connectivity index (χ2v) is 7.62. The van der Waals surface area contributed by atoms with Crippen molar-refractivity contribution in [3.05, 3.63) is 90.5 Å². The van der Waals surface area contributed by atoms with E-state index >= 15 is 0 Å². The molecule has 0 saturated carbocycles. The van der Waals surface area contributed by atoms with Gasteiger partial charge >= 0.3 is 0 Å². The number of imidazole rings is 3. The van der Waals surface area contributed by atoms with Crippen molar-refractivity contribution < 1.29 is 0 Å². The predicted octanol–water partition coefficient (Wildman–Crippen LogP) is 4.80. The molecular weight excluding hydrogens is 398 g/mol. The molecular formula is C25H27N7. The molecule has 6 rings (SSSR count). The molecule has 0 amide bonds. The van der Waals surface area contributed by atoms with Gasteiger partial charge in [-0.25, -0.2) is 19.9 Å². The Balaban J connectivity index is 0.000000115. The van der Waals surface area contributed by atoms with Crippen molar-refractivity contribution in [1.82, 2.24) is 33.5 Å². The Morgan fingerprint density at radius 3 is 2.12 bits per heavy atom. The Kier molecular flexibility index (Phi) is 5.98. The lowest BCUT2D eigenvalue weighted by molar-refractivity contribution is 0.874. The predicted molar refractivity (Wildman–Crippen MR) is 129 cm³/mol. The second-order valence-electron chi connectivity index (χ2n) is 7.62. The van der Waals surface area contributed by atoms with E-state index in [2.05, 4.69) is 30.6 Å². The van der Waals surface area contributed by atoms with Gasteiger partial charge in [-0.15, -0.1) is 0 Å². The smallest absolute Gasteiger partial charge is 0.159 e. The van der Waals surface area contributed by atoms with Crippen LogP contribution in [-0.2, 0) is 14.1 Å². The number of para-hydroxylation sites is 2. The van der Waals surface area contributed by atoms with E-state index in [0.717, 1.165) is 39.7 Å². The fraction of sp³-hybridized carbons (Fsp3) is 0.200. The minimum absolute atomic E-state index is 0.949. The van der Waals surface area contributed by atoms with Gasteiger partial charge in [0, 0.05) is 32.7 Å². The monoisotopic (exact) mass is 425 g/mol. The number of pyridine rings is 2. The molecule has 7 heteroatoms. The van der Waals surface area contributed by atoms with Gasteiger partial charge in [0.2, 0.25) is 0 Å². The second kappa shape index (κ2) is 9.01. The lowest BCUT2D eigenvalue weighted by Gasteiger charge is -1.93. The highest BCUT2D eigenvalue weighted by molar-refractivity contribution is 5.75. The Bertz CT molecular complexity index is 1380. The Morgan fingerprint density at radius 2 is 1.38 bits per heavy atom. The quantitative estimate of drug-likeness (QED) is 0.351. The normalized spacial score (nSPS) is 10.7. The summed E-state index contributed by atoms with van der Waals surface area (Å²) in [6.07, 6.45) is 5.79. The Labute approximate surface area is 187 Å². The minimum Gasteiger partial charge on any atom is -0.331 e. The molecule has 7 nitrogen and oxygen atoms in total. The molecule has 0 bridgehead atoms. The molecule has 1 aromatic carbocycles. The summed E-state index contributed by atoms with van der Waals surface area (Å²) >= 11 is 0. The number of rotatable bonds is 0. The van der Waals surface area contributed by atoms with Gasteiger partial charge in [0.1, 0.15) is 22.8 Å². The number of hydrogen-bond donors (Lipinski definition) is 0. The third-order valence-corrected chi connectivity index (χ3v) is 5.35. The molecule has 32 heavy (non-hydrogen) atoms. The molecule has 5 aromatic heterocycles. The van der Waals surface area contributed by atoms with Crippen LogP contribution in [0, 0.1) is 20.8 Å². The van der Waals surface area contributed by atoms with Gasteiger partial charge in [-0.05, 0) is 57.2 Å². The summed E-state index contributed by atoms with van der Waals surface area (Å²) in [6, 6.07) is 18.0. The third-order valence-electron chi connectivity index (χ3n) is 5.35. The molecule has 0 aliphatic rings. The number of hydrogen-bond acceptors (Lipinski definition) is 4. The summed E-state index contributed by atoms with van der Waals surface area (Å²) in [7, 11) is 4.00. The van der Waals surface area contributed by atoms with Crippen LogP contribution in [0.15, 0.2) is 73.2 Å². The average Bonchev–Trinajstić information content (AvgIpc) is 3.42. The highest BCUT2D eigenvalue weighted by Gasteiger charge is 2.02. The first-order valence-electron chi connectivity index (χ1n) is 10.5. The number of benzene rings is 1.